The van der Waals surface area contributed by atoms with E-state index in [4.69, 9.17) is 5.73 Å². The van der Waals surface area contributed by atoms with Gasteiger partial charge in [-0.3, -0.25) is 14.7 Å². The summed E-state index contributed by atoms with van der Waals surface area (Å²) in [6.45, 7) is 2.99. The van der Waals surface area contributed by atoms with Crippen LogP contribution in [0.5, 0.6) is 0 Å². The molecule has 0 aliphatic carbocycles. The molecular weight excluding hydrogens is 190 g/mol. The lowest BCUT2D eigenvalue weighted by atomic mass is 10.1. The molecule has 1 saturated heterocycles. The second-order valence-corrected chi connectivity index (χ2v) is 3.88. The van der Waals surface area contributed by atoms with Gasteiger partial charge < -0.3 is 5.73 Å². The molecule has 1 aliphatic heterocycles. The van der Waals surface area contributed by atoms with E-state index in [0.29, 0.717) is 5.56 Å². The number of aromatic nitrogens is 1. The predicted molar refractivity (Wildman–Crippen MR) is 57.3 cm³/mol. The first-order valence-corrected chi connectivity index (χ1v) is 5.22. The molecule has 1 aromatic rings. The normalized spacial score (nSPS) is 16.8. The number of pyridine rings is 1. The van der Waals surface area contributed by atoms with Crippen LogP contribution >= 0.6 is 0 Å². The number of primary amides is 1. The molecule has 0 saturated carbocycles. The van der Waals surface area contributed by atoms with Crippen LogP contribution in [0.25, 0.3) is 0 Å². The van der Waals surface area contributed by atoms with Gasteiger partial charge in [0.1, 0.15) is 0 Å². The van der Waals surface area contributed by atoms with Gasteiger partial charge in [0, 0.05) is 24.5 Å². The molecule has 0 aromatic carbocycles. The molecule has 0 spiro atoms. The minimum atomic E-state index is -0.369. The smallest absolute Gasteiger partial charge is 0.249 e. The number of nitrogens with two attached hydrogens (primary N) is 1. The van der Waals surface area contributed by atoms with Crippen molar-refractivity contribution in [1.29, 1.82) is 0 Å². The quantitative estimate of drug-likeness (QED) is 0.793. The summed E-state index contributed by atoms with van der Waals surface area (Å²) in [7, 11) is 0. The van der Waals surface area contributed by atoms with Gasteiger partial charge in [-0.25, -0.2) is 0 Å². The molecule has 4 heteroatoms. The maximum Gasteiger partial charge on any atom is 0.249 e. The van der Waals surface area contributed by atoms with E-state index in [1.165, 1.54) is 12.8 Å². The van der Waals surface area contributed by atoms with E-state index in [1.807, 2.05) is 0 Å². The van der Waals surface area contributed by atoms with E-state index < -0.39 is 0 Å². The zero-order valence-corrected chi connectivity index (χ0v) is 8.65. The molecule has 2 heterocycles. The lowest BCUT2D eigenvalue weighted by Crippen LogP contribution is -2.22. The fraction of sp³-hybridized carbons (Fsp3) is 0.455. The Kier molecular flexibility index (Phi) is 2.97. The van der Waals surface area contributed by atoms with Crippen LogP contribution < -0.4 is 5.73 Å². The van der Waals surface area contributed by atoms with Crippen molar-refractivity contribution in [3.05, 3.63) is 29.6 Å². The van der Waals surface area contributed by atoms with Gasteiger partial charge in [0.2, 0.25) is 5.91 Å². The van der Waals surface area contributed by atoms with Crippen molar-refractivity contribution in [2.75, 3.05) is 13.1 Å². The predicted octanol–water partition coefficient (Wildman–Crippen LogP) is 0.776. The molecule has 1 aliphatic rings. The molecule has 1 fully saturated rings. The summed E-state index contributed by atoms with van der Waals surface area (Å²) < 4.78 is 0. The van der Waals surface area contributed by atoms with E-state index in [9.17, 15) is 4.79 Å². The maximum atomic E-state index is 11.2. The summed E-state index contributed by atoms with van der Waals surface area (Å²) in [4.78, 5) is 17.5. The highest BCUT2D eigenvalue weighted by molar-refractivity contribution is 5.94. The number of rotatable bonds is 3. The zero-order valence-electron chi connectivity index (χ0n) is 8.65. The zero-order chi connectivity index (χ0) is 10.7. The van der Waals surface area contributed by atoms with Gasteiger partial charge in [0.05, 0.1) is 0 Å². The van der Waals surface area contributed by atoms with Crippen LogP contribution in [-0.4, -0.2) is 28.9 Å². The van der Waals surface area contributed by atoms with Crippen LogP contribution in [0.4, 0.5) is 0 Å². The lowest BCUT2D eigenvalue weighted by Gasteiger charge is -2.15. The fourth-order valence-corrected chi connectivity index (χ4v) is 1.98. The molecule has 0 atom stereocenters. The average molecular weight is 205 g/mol. The molecule has 0 bridgehead atoms. The third-order valence-electron chi connectivity index (χ3n) is 2.76. The number of carbonyl (C=O) groups excluding carboxylic acids is 1. The number of nitrogens with zero attached hydrogens (tertiary/aromatic N) is 2. The summed E-state index contributed by atoms with van der Waals surface area (Å²) >= 11 is 0. The van der Waals surface area contributed by atoms with Gasteiger partial charge in [0.15, 0.2) is 0 Å². The van der Waals surface area contributed by atoms with Crippen LogP contribution in [0.1, 0.15) is 28.8 Å². The fourth-order valence-electron chi connectivity index (χ4n) is 1.98. The van der Waals surface area contributed by atoms with Gasteiger partial charge in [-0.1, -0.05) is 0 Å². The minimum absolute atomic E-state index is 0.369. The van der Waals surface area contributed by atoms with E-state index in [0.717, 1.165) is 25.2 Å². The van der Waals surface area contributed by atoms with Crippen molar-refractivity contribution in [2.24, 2.45) is 5.73 Å². The molecular formula is C11H15N3O. The number of hydrogen-bond acceptors (Lipinski definition) is 3. The highest BCUT2D eigenvalue weighted by atomic mass is 16.1. The first-order valence-electron chi connectivity index (χ1n) is 5.22. The monoisotopic (exact) mass is 205 g/mol. The summed E-state index contributed by atoms with van der Waals surface area (Å²) in [5.74, 6) is -0.369. The topological polar surface area (TPSA) is 59.2 Å². The molecule has 2 rings (SSSR count). The van der Waals surface area contributed by atoms with Crippen molar-refractivity contribution in [3.63, 3.8) is 0 Å². The second kappa shape index (κ2) is 4.40. The number of likely N-dealkylation sites (tertiary alicyclic amines) is 1. The van der Waals surface area contributed by atoms with Crippen molar-refractivity contribution in [1.82, 2.24) is 9.88 Å². The Bertz CT molecular complexity index is 359. The summed E-state index contributed by atoms with van der Waals surface area (Å²) in [6.07, 6.45) is 5.82. The Hall–Kier alpha value is -1.42. The third-order valence-corrected chi connectivity index (χ3v) is 2.76. The van der Waals surface area contributed by atoms with Crippen LogP contribution in [0.3, 0.4) is 0 Å². The lowest BCUT2D eigenvalue weighted by molar-refractivity contribution is 0.0998. The van der Waals surface area contributed by atoms with Crippen molar-refractivity contribution in [3.8, 4) is 0 Å². The van der Waals surface area contributed by atoms with Crippen LogP contribution in [0.15, 0.2) is 18.5 Å². The van der Waals surface area contributed by atoms with Gasteiger partial charge in [-0.2, -0.15) is 0 Å². The van der Waals surface area contributed by atoms with Crippen LogP contribution in [0, 0.1) is 0 Å². The van der Waals surface area contributed by atoms with Crippen LogP contribution in [-0.2, 0) is 6.54 Å². The first kappa shape index (κ1) is 10.1. The number of hydrogen-bond donors (Lipinski definition) is 1. The number of carbonyl (C=O) groups is 1. The largest absolute Gasteiger partial charge is 0.366 e. The van der Waals surface area contributed by atoms with E-state index in [1.54, 1.807) is 18.5 Å². The highest BCUT2D eigenvalue weighted by Gasteiger charge is 2.15. The highest BCUT2D eigenvalue weighted by Crippen LogP contribution is 2.14. The van der Waals surface area contributed by atoms with Crippen molar-refractivity contribution >= 4 is 5.91 Å². The van der Waals surface area contributed by atoms with E-state index in [-0.39, 0.29) is 5.91 Å². The molecule has 0 unspecified atom stereocenters. The summed E-state index contributed by atoms with van der Waals surface area (Å²) in [6, 6.07) is 1.69. The first-order chi connectivity index (χ1) is 7.27. The molecule has 4 nitrogen and oxygen atoms in total. The minimum Gasteiger partial charge on any atom is -0.366 e. The Labute approximate surface area is 89.1 Å². The van der Waals surface area contributed by atoms with Gasteiger partial charge in [-0.15, -0.1) is 0 Å². The summed E-state index contributed by atoms with van der Waals surface area (Å²) in [5.41, 5.74) is 6.83. The molecule has 2 N–H and O–H groups in total. The van der Waals surface area contributed by atoms with Crippen molar-refractivity contribution < 1.29 is 4.79 Å². The average Bonchev–Trinajstić information content (AvgIpc) is 2.71. The van der Waals surface area contributed by atoms with E-state index >= 15 is 0 Å². The number of amides is 1. The molecule has 15 heavy (non-hydrogen) atoms. The Balaban J connectivity index is 2.15. The van der Waals surface area contributed by atoms with Crippen LogP contribution in [0.2, 0.25) is 0 Å². The maximum absolute atomic E-state index is 11.2. The Morgan fingerprint density at radius 2 is 2.20 bits per heavy atom. The van der Waals surface area contributed by atoms with E-state index in [2.05, 4.69) is 9.88 Å². The Morgan fingerprint density at radius 3 is 2.87 bits per heavy atom. The molecule has 80 valence electrons. The second-order valence-electron chi connectivity index (χ2n) is 3.88. The van der Waals surface area contributed by atoms with Gasteiger partial charge in [0.25, 0.3) is 0 Å². The van der Waals surface area contributed by atoms with Gasteiger partial charge in [-0.05, 0) is 37.6 Å². The molecule has 1 aromatic heterocycles. The summed E-state index contributed by atoms with van der Waals surface area (Å²) in [5, 5.41) is 0. The molecule has 1 amide bonds. The van der Waals surface area contributed by atoms with Gasteiger partial charge >= 0.3 is 0 Å². The third kappa shape index (κ3) is 2.33. The standard InChI is InChI=1S/C11H15N3O/c12-11(15)10-3-4-13-7-9(10)8-14-5-1-2-6-14/h3-4,7H,1-2,5-6,8H2,(H2,12,15). The Morgan fingerprint density at radius 1 is 1.47 bits per heavy atom. The van der Waals surface area contributed by atoms with Crippen molar-refractivity contribution in [2.45, 2.75) is 19.4 Å². The molecule has 0 radical (unpaired) electrons. The SMILES string of the molecule is NC(=O)c1ccncc1CN1CCCC1.